The molecule has 2 unspecified atom stereocenters. The molecular formula is C37H38Cl2F2N4O8. The van der Waals surface area contributed by atoms with Crippen LogP contribution in [-0.2, 0) is 24.5 Å². The smallest absolute Gasteiger partial charge is 0.410 e. The number of nitrogens with zero attached hydrogens (tertiary/aromatic N) is 1. The lowest BCUT2D eigenvalue weighted by atomic mass is 9.62. The van der Waals surface area contributed by atoms with E-state index in [2.05, 4.69) is 22.0 Å². The van der Waals surface area contributed by atoms with Crippen LogP contribution in [0.2, 0.25) is 10.0 Å². The minimum absolute atomic E-state index is 0.000542. The first-order chi connectivity index (χ1) is 24.8. The third-order valence-corrected chi connectivity index (χ3v) is 9.20. The quantitative estimate of drug-likeness (QED) is 0.118. The second-order valence-electron chi connectivity index (χ2n) is 13.7. The number of alkyl carbamates (subject to hydrolysis) is 1. The highest BCUT2D eigenvalue weighted by molar-refractivity contribution is 6.31. The number of carboxylic acids is 1. The zero-order valence-electron chi connectivity index (χ0n) is 29.6. The van der Waals surface area contributed by atoms with Gasteiger partial charge in [0.2, 0.25) is 12.2 Å². The van der Waals surface area contributed by atoms with Gasteiger partial charge in [0, 0.05) is 29.5 Å². The number of carboxylic acid groups (broad SMARTS) is 1. The summed E-state index contributed by atoms with van der Waals surface area (Å²) in [5.74, 6) is -6.01. The van der Waals surface area contributed by atoms with Crippen molar-refractivity contribution in [3.05, 3.63) is 93.0 Å². The van der Waals surface area contributed by atoms with Gasteiger partial charge in [-0.1, -0.05) is 62.2 Å². The Bertz CT molecular complexity index is 1950. The minimum atomic E-state index is -1.85. The Balaban J connectivity index is 1.71. The van der Waals surface area contributed by atoms with Crippen LogP contribution >= 0.6 is 23.2 Å². The molecule has 6 atom stereocenters. The Morgan fingerprint density at radius 1 is 1.06 bits per heavy atom. The van der Waals surface area contributed by atoms with E-state index < -0.39 is 76.7 Å². The fraction of sp³-hybridized carbons (Fsp3) is 0.378. The summed E-state index contributed by atoms with van der Waals surface area (Å²) in [4.78, 5) is 50.1. The topological polar surface area (TPSA) is 176 Å². The SMILES string of the molecule is COc1cc(C(=O)OC(C)OC(=O)N[C@@H](C)C(=O)O)ccc1NC(=O)[C@@H]1NC(CC(C)(C)C)[C@](C#N)(c2ccc(Cl)cc2F)[C@H]1c1cccc(Cl)c1F. The van der Waals surface area contributed by atoms with Gasteiger partial charge in [-0.25, -0.2) is 18.4 Å². The molecule has 0 aliphatic carbocycles. The average Bonchev–Trinajstić information content (AvgIpc) is 3.38. The number of carbonyl (C=O) groups is 4. The molecule has 0 bridgehead atoms. The highest BCUT2D eigenvalue weighted by Crippen LogP contribution is 2.53. The summed E-state index contributed by atoms with van der Waals surface area (Å²) in [5, 5.41) is 27.8. The number of aliphatic carboxylic acids is 1. The van der Waals surface area contributed by atoms with Gasteiger partial charge in [0.25, 0.3) is 0 Å². The van der Waals surface area contributed by atoms with Crippen molar-refractivity contribution in [3.63, 3.8) is 0 Å². The molecule has 1 fully saturated rings. The second kappa shape index (κ2) is 16.4. The number of anilines is 1. The monoisotopic (exact) mass is 774 g/mol. The molecule has 0 saturated carbocycles. The van der Waals surface area contributed by atoms with Crippen molar-refractivity contribution in [2.75, 3.05) is 12.4 Å². The van der Waals surface area contributed by atoms with Crippen molar-refractivity contribution >= 4 is 52.8 Å². The molecule has 2 amide bonds. The molecule has 12 nitrogen and oxygen atoms in total. The number of amides is 2. The summed E-state index contributed by atoms with van der Waals surface area (Å²) in [6.07, 6.45) is -2.29. The average molecular weight is 776 g/mol. The van der Waals surface area contributed by atoms with Gasteiger partial charge in [0.05, 0.1) is 35.5 Å². The molecule has 0 spiro atoms. The lowest BCUT2D eigenvalue weighted by Crippen LogP contribution is -2.45. The Hall–Kier alpha value is -4.97. The fourth-order valence-corrected chi connectivity index (χ4v) is 6.70. The zero-order chi connectivity index (χ0) is 39.4. The molecule has 3 aromatic carbocycles. The van der Waals surface area contributed by atoms with Crippen LogP contribution in [0, 0.1) is 28.4 Å². The number of halogens is 4. The van der Waals surface area contributed by atoms with Gasteiger partial charge < -0.3 is 35.3 Å². The van der Waals surface area contributed by atoms with Gasteiger partial charge in [-0.3, -0.25) is 9.59 Å². The van der Waals surface area contributed by atoms with Crippen LogP contribution in [0.15, 0.2) is 54.6 Å². The summed E-state index contributed by atoms with van der Waals surface area (Å²) >= 11 is 12.3. The lowest BCUT2D eigenvalue weighted by Gasteiger charge is -2.37. The molecule has 1 saturated heterocycles. The van der Waals surface area contributed by atoms with E-state index in [1.54, 1.807) is 0 Å². The predicted molar refractivity (Wildman–Crippen MR) is 191 cm³/mol. The van der Waals surface area contributed by atoms with Crippen molar-refractivity contribution in [2.45, 2.75) is 76.8 Å². The van der Waals surface area contributed by atoms with Crippen LogP contribution in [0.25, 0.3) is 0 Å². The first-order valence-electron chi connectivity index (χ1n) is 16.3. The highest BCUT2D eigenvalue weighted by Gasteiger charge is 2.61. The summed E-state index contributed by atoms with van der Waals surface area (Å²) in [7, 11) is 1.28. The molecule has 3 aromatic rings. The van der Waals surface area contributed by atoms with Gasteiger partial charge in [-0.2, -0.15) is 5.26 Å². The molecule has 1 aliphatic heterocycles. The van der Waals surface area contributed by atoms with Crippen molar-refractivity contribution in [1.82, 2.24) is 10.6 Å². The van der Waals surface area contributed by atoms with Crippen molar-refractivity contribution in [3.8, 4) is 11.8 Å². The number of benzene rings is 3. The van der Waals surface area contributed by atoms with Crippen LogP contribution in [0.5, 0.6) is 5.75 Å². The third-order valence-electron chi connectivity index (χ3n) is 8.68. The summed E-state index contributed by atoms with van der Waals surface area (Å²) in [5.41, 5.74) is -2.48. The zero-order valence-corrected chi connectivity index (χ0v) is 31.1. The standard InChI is InChI=1S/C37H38Cl2F2N4O8/c1-18(33(47)48)43-35(50)53-19(2)52-34(49)20-10-13-26(27(14-20)51-6)44-32(46)31-29(22-8-7-9-24(39)30(22)41)37(17-42,28(45-31)16-36(3,4)5)23-12-11-21(38)15-25(23)40/h7-15,18-19,28-29,31,45H,16H2,1-6H3,(H,43,50)(H,44,46)(H,47,48)/t18-,19?,28?,29-,31+,37-/m0/s1. The van der Waals surface area contributed by atoms with E-state index in [-0.39, 0.29) is 44.6 Å². The number of hydrogen-bond acceptors (Lipinski definition) is 9. The van der Waals surface area contributed by atoms with Crippen LogP contribution in [0.3, 0.4) is 0 Å². The molecule has 0 aromatic heterocycles. The van der Waals surface area contributed by atoms with E-state index in [1.807, 2.05) is 20.8 Å². The van der Waals surface area contributed by atoms with Crippen molar-refractivity contribution < 1.29 is 47.3 Å². The number of hydrogen-bond donors (Lipinski definition) is 4. The Morgan fingerprint density at radius 3 is 2.36 bits per heavy atom. The normalized spacial score (nSPS) is 20.7. The predicted octanol–water partition coefficient (Wildman–Crippen LogP) is 6.94. The number of nitrogens with one attached hydrogen (secondary N) is 3. The van der Waals surface area contributed by atoms with Crippen LogP contribution in [0.1, 0.15) is 68.4 Å². The molecule has 4 rings (SSSR count). The summed E-state index contributed by atoms with van der Waals surface area (Å²) in [6, 6.07) is 10.7. The van der Waals surface area contributed by atoms with E-state index in [0.717, 1.165) is 6.07 Å². The van der Waals surface area contributed by atoms with Crippen molar-refractivity contribution in [2.24, 2.45) is 5.41 Å². The van der Waals surface area contributed by atoms with Gasteiger partial charge >= 0.3 is 18.0 Å². The molecule has 1 heterocycles. The van der Waals surface area contributed by atoms with E-state index in [0.29, 0.717) is 0 Å². The molecule has 0 radical (unpaired) electrons. The van der Waals surface area contributed by atoms with E-state index in [1.165, 1.54) is 69.5 Å². The molecular weight excluding hydrogens is 737 g/mol. The second-order valence-corrected chi connectivity index (χ2v) is 14.5. The first-order valence-corrected chi connectivity index (χ1v) is 17.0. The molecule has 282 valence electrons. The van der Waals surface area contributed by atoms with Crippen molar-refractivity contribution in [1.29, 1.82) is 5.26 Å². The van der Waals surface area contributed by atoms with Gasteiger partial charge in [-0.05, 0) is 60.7 Å². The lowest BCUT2D eigenvalue weighted by molar-refractivity contribution is -0.139. The Labute approximate surface area is 314 Å². The molecule has 4 N–H and O–H groups in total. The molecule has 16 heteroatoms. The number of carbonyl (C=O) groups excluding carboxylic acids is 3. The number of ether oxygens (including phenoxy) is 3. The number of methoxy groups -OCH3 is 1. The fourth-order valence-electron chi connectivity index (χ4n) is 6.35. The van der Waals surface area contributed by atoms with Crippen LogP contribution in [-0.4, -0.2) is 60.6 Å². The summed E-state index contributed by atoms with van der Waals surface area (Å²) < 4.78 is 47.4. The maximum Gasteiger partial charge on any atom is 0.410 e. The maximum atomic E-state index is 16.0. The van der Waals surface area contributed by atoms with Crippen LogP contribution in [0.4, 0.5) is 19.3 Å². The number of esters is 1. The van der Waals surface area contributed by atoms with E-state index >= 15 is 8.78 Å². The van der Waals surface area contributed by atoms with Crippen LogP contribution < -0.4 is 20.7 Å². The minimum Gasteiger partial charge on any atom is -0.495 e. The Kier molecular flexibility index (Phi) is 12.6. The van der Waals surface area contributed by atoms with E-state index in [4.69, 9.17) is 42.5 Å². The maximum absolute atomic E-state index is 16.0. The largest absolute Gasteiger partial charge is 0.495 e. The van der Waals surface area contributed by atoms with E-state index in [9.17, 15) is 24.4 Å². The first kappa shape index (κ1) is 40.8. The highest BCUT2D eigenvalue weighted by atomic mass is 35.5. The number of nitriles is 1. The van der Waals surface area contributed by atoms with Gasteiger partial charge in [0.1, 0.15) is 28.8 Å². The summed E-state index contributed by atoms with van der Waals surface area (Å²) in [6.45, 7) is 8.20. The van der Waals surface area contributed by atoms with Gasteiger partial charge in [-0.15, -0.1) is 0 Å². The Morgan fingerprint density at radius 2 is 1.75 bits per heavy atom. The van der Waals surface area contributed by atoms with Gasteiger partial charge in [0.15, 0.2) is 0 Å². The third kappa shape index (κ3) is 8.98. The molecule has 53 heavy (non-hydrogen) atoms. The number of rotatable bonds is 11. The molecule has 1 aliphatic rings.